The number of hydrogen-bond acceptors (Lipinski definition) is 3. The van der Waals surface area contributed by atoms with E-state index in [9.17, 15) is 4.39 Å². The quantitative estimate of drug-likeness (QED) is 0.925. The van der Waals surface area contributed by atoms with Crippen molar-refractivity contribution in [1.29, 1.82) is 0 Å². The fraction of sp³-hybridized carbons (Fsp3) is 0.706. The fourth-order valence-corrected chi connectivity index (χ4v) is 3.66. The Labute approximate surface area is 126 Å². The molecule has 116 valence electrons. The number of pyridine rings is 1. The topological polar surface area (TPSA) is 28.2 Å². The minimum absolute atomic E-state index is 0.0190. The van der Waals surface area contributed by atoms with Gasteiger partial charge in [0.2, 0.25) is 0 Å². The predicted octanol–water partition coefficient (Wildman–Crippen LogP) is 3.35. The highest BCUT2D eigenvalue weighted by atomic mass is 19.1. The van der Waals surface area contributed by atoms with E-state index in [2.05, 4.69) is 36.0 Å². The van der Waals surface area contributed by atoms with E-state index in [4.69, 9.17) is 0 Å². The molecule has 1 aliphatic carbocycles. The van der Waals surface area contributed by atoms with E-state index in [1.807, 2.05) is 0 Å². The molecule has 1 saturated heterocycles. The van der Waals surface area contributed by atoms with Crippen LogP contribution >= 0.6 is 0 Å². The van der Waals surface area contributed by atoms with Crippen LogP contribution in [0.4, 0.5) is 10.2 Å². The summed E-state index contributed by atoms with van der Waals surface area (Å²) in [5.74, 6) is 2.37. The van der Waals surface area contributed by atoms with Crippen molar-refractivity contribution in [3.8, 4) is 0 Å². The lowest BCUT2D eigenvalue weighted by molar-refractivity contribution is 0.423. The number of halogens is 1. The Morgan fingerprint density at radius 3 is 2.57 bits per heavy atom. The van der Waals surface area contributed by atoms with Crippen molar-refractivity contribution in [1.82, 2.24) is 10.3 Å². The van der Waals surface area contributed by atoms with Gasteiger partial charge in [-0.15, -0.1) is 0 Å². The molecule has 3 nitrogen and oxygen atoms in total. The standard InChI is InChI=1S/C17H26FN3/c1-17(2,3)20-8-14-7-15(18)9-19-16(14)21-10-12-5-4-6-13(12)11-21/h7,9,12-13,20H,4-6,8,10-11H2,1-3H3. The molecule has 1 aliphatic heterocycles. The van der Waals surface area contributed by atoms with Crippen LogP contribution in [0.15, 0.2) is 12.3 Å². The predicted molar refractivity (Wildman–Crippen MR) is 83.8 cm³/mol. The number of hydrogen-bond donors (Lipinski definition) is 1. The molecule has 0 aromatic carbocycles. The van der Waals surface area contributed by atoms with Gasteiger partial charge in [-0.2, -0.15) is 0 Å². The first-order valence-electron chi connectivity index (χ1n) is 8.07. The zero-order valence-corrected chi connectivity index (χ0v) is 13.3. The molecule has 2 heterocycles. The largest absolute Gasteiger partial charge is 0.356 e. The number of fused-ring (bicyclic) bond motifs is 1. The number of rotatable bonds is 3. The molecule has 0 bridgehead atoms. The summed E-state index contributed by atoms with van der Waals surface area (Å²) in [6, 6.07) is 1.63. The highest BCUT2D eigenvalue weighted by molar-refractivity contribution is 5.48. The minimum Gasteiger partial charge on any atom is -0.356 e. The molecule has 0 spiro atoms. The normalized spacial score (nSPS) is 25.4. The zero-order valence-electron chi connectivity index (χ0n) is 13.3. The smallest absolute Gasteiger partial charge is 0.141 e. The maximum Gasteiger partial charge on any atom is 0.141 e. The monoisotopic (exact) mass is 291 g/mol. The van der Waals surface area contributed by atoms with Gasteiger partial charge in [-0.1, -0.05) is 6.42 Å². The first kappa shape index (κ1) is 14.8. The van der Waals surface area contributed by atoms with Crippen LogP contribution in [-0.2, 0) is 6.54 Å². The first-order chi connectivity index (χ1) is 9.92. The van der Waals surface area contributed by atoms with Gasteiger partial charge in [0.25, 0.3) is 0 Å². The van der Waals surface area contributed by atoms with Gasteiger partial charge in [-0.25, -0.2) is 9.37 Å². The number of nitrogens with one attached hydrogen (secondary N) is 1. The fourth-order valence-electron chi connectivity index (χ4n) is 3.66. The molecule has 2 unspecified atom stereocenters. The molecule has 0 radical (unpaired) electrons. The molecule has 1 aromatic heterocycles. The van der Waals surface area contributed by atoms with Crippen LogP contribution in [-0.4, -0.2) is 23.6 Å². The summed E-state index contributed by atoms with van der Waals surface area (Å²) in [5, 5.41) is 3.45. The van der Waals surface area contributed by atoms with Crippen molar-refractivity contribution < 1.29 is 4.39 Å². The Bertz CT molecular complexity index is 497. The van der Waals surface area contributed by atoms with E-state index in [0.717, 1.165) is 36.3 Å². The molecule has 1 aromatic rings. The van der Waals surface area contributed by atoms with Crippen molar-refractivity contribution >= 4 is 5.82 Å². The molecule has 2 fully saturated rings. The zero-order chi connectivity index (χ0) is 15.0. The van der Waals surface area contributed by atoms with Gasteiger partial charge in [0.05, 0.1) is 6.20 Å². The second kappa shape index (κ2) is 5.56. The Balaban J connectivity index is 1.78. The van der Waals surface area contributed by atoms with Gasteiger partial charge in [0, 0.05) is 30.7 Å². The van der Waals surface area contributed by atoms with Crippen molar-refractivity contribution in [2.75, 3.05) is 18.0 Å². The van der Waals surface area contributed by atoms with Gasteiger partial charge >= 0.3 is 0 Å². The minimum atomic E-state index is -0.246. The van der Waals surface area contributed by atoms with E-state index in [-0.39, 0.29) is 11.4 Å². The van der Waals surface area contributed by atoms with E-state index >= 15 is 0 Å². The Kier molecular flexibility index (Phi) is 3.91. The lowest BCUT2D eigenvalue weighted by atomic mass is 10.0. The third-order valence-corrected chi connectivity index (χ3v) is 4.74. The van der Waals surface area contributed by atoms with Crippen LogP contribution in [0.25, 0.3) is 0 Å². The highest BCUT2D eigenvalue weighted by Crippen LogP contribution is 2.39. The van der Waals surface area contributed by atoms with Crippen molar-refractivity contribution in [3.05, 3.63) is 23.6 Å². The second-order valence-electron chi connectivity index (χ2n) is 7.60. The molecule has 4 heteroatoms. The van der Waals surface area contributed by atoms with E-state index in [1.165, 1.54) is 25.5 Å². The Morgan fingerprint density at radius 2 is 1.95 bits per heavy atom. The van der Waals surface area contributed by atoms with Crippen LogP contribution in [0.3, 0.4) is 0 Å². The molecule has 21 heavy (non-hydrogen) atoms. The highest BCUT2D eigenvalue weighted by Gasteiger charge is 2.37. The summed E-state index contributed by atoms with van der Waals surface area (Å²) in [5.41, 5.74) is 0.996. The van der Waals surface area contributed by atoms with Crippen LogP contribution < -0.4 is 10.2 Å². The molecule has 2 aliphatic rings. The summed E-state index contributed by atoms with van der Waals surface area (Å²) in [7, 11) is 0. The van der Waals surface area contributed by atoms with Crippen LogP contribution in [0.1, 0.15) is 45.6 Å². The van der Waals surface area contributed by atoms with E-state index in [1.54, 1.807) is 6.07 Å². The van der Waals surface area contributed by atoms with Crippen molar-refractivity contribution in [2.45, 2.75) is 52.1 Å². The molecule has 0 amide bonds. The van der Waals surface area contributed by atoms with Crippen molar-refractivity contribution in [3.63, 3.8) is 0 Å². The van der Waals surface area contributed by atoms with Crippen LogP contribution in [0, 0.1) is 17.7 Å². The number of aromatic nitrogens is 1. The first-order valence-corrected chi connectivity index (χ1v) is 8.07. The van der Waals surface area contributed by atoms with Gasteiger partial charge in [-0.05, 0) is 51.5 Å². The van der Waals surface area contributed by atoms with Crippen LogP contribution in [0.2, 0.25) is 0 Å². The molecule has 3 rings (SSSR count). The van der Waals surface area contributed by atoms with Gasteiger partial charge < -0.3 is 10.2 Å². The lowest BCUT2D eigenvalue weighted by Crippen LogP contribution is -2.36. The molecular formula is C17H26FN3. The maximum atomic E-state index is 13.6. The van der Waals surface area contributed by atoms with Crippen LogP contribution in [0.5, 0.6) is 0 Å². The summed E-state index contributed by atoms with van der Waals surface area (Å²) < 4.78 is 13.6. The molecular weight excluding hydrogens is 265 g/mol. The summed E-state index contributed by atoms with van der Waals surface area (Å²) in [6.07, 6.45) is 5.42. The average Bonchev–Trinajstić information content (AvgIpc) is 2.96. The Hall–Kier alpha value is -1.16. The summed E-state index contributed by atoms with van der Waals surface area (Å²) in [6.45, 7) is 9.21. The van der Waals surface area contributed by atoms with E-state index < -0.39 is 0 Å². The van der Waals surface area contributed by atoms with Gasteiger partial charge in [-0.3, -0.25) is 0 Å². The lowest BCUT2D eigenvalue weighted by Gasteiger charge is -2.25. The molecule has 2 atom stereocenters. The number of anilines is 1. The third kappa shape index (κ3) is 3.37. The second-order valence-corrected chi connectivity index (χ2v) is 7.60. The van der Waals surface area contributed by atoms with Gasteiger partial charge in [0.1, 0.15) is 11.6 Å². The SMILES string of the molecule is CC(C)(C)NCc1cc(F)cnc1N1CC2CCCC2C1. The third-order valence-electron chi connectivity index (χ3n) is 4.74. The van der Waals surface area contributed by atoms with Gasteiger partial charge in [0.15, 0.2) is 0 Å². The summed E-state index contributed by atoms with van der Waals surface area (Å²) in [4.78, 5) is 6.77. The maximum absolute atomic E-state index is 13.6. The number of nitrogens with zero attached hydrogens (tertiary/aromatic N) is 2. The summed E-state index contributed by atoms with van der Waals surface area (Å²) >= 11 is 0. The average molecular weight is 291 g/mol. The Morgan fingerprint density at radius 1 is 1.29 bits per heavy atom. The van der Waals surface area contributed by atoms with Crippen molar-refractivity contribution in [2.24, 2.45) is 11.8 Å². The molecule has 1 N–H and O–H groups in total. The molecule has 1 saturated carbocycles. The van der Waals surface area contributed by atoms with E-state index in [0.29, 0.717) is 6.54 Å².